The first-order chi connectivity index (χ1) is 15.8. The first-order valence-corrected chi connectivity index (χ1v) is 11.7. The molecule has 0 aromatic heterocycles. The smallest absolute Gasteiger partial charge is 0.224 e. The summed E-state index contributed by atoms with van der Waals surface area (Å²) >= 11 is 0. The Hall–Kier alpha value is -3.11. The molecule has 0 bridgehead atoms. The Morgan fingerprint density at radius 2 is 1.59 bits per heavy atom. The second-order valence-corrected chi connectivity index (χ2v) is 8.92. The van der Waals surface area contributed by atoms with Gasteiger partial charge in [-0.25, -0.2) is 0 Å². The molecule has 2 N–H and O–H groups in total. The van der Waals surface area contributed by atoms with Gasteiger partial charge in [-0.05, 0) is 49.9 Å². The van der Waals surface area contributed by atoms with Gasteiger partial charge in [0.05, 0.1) is 5.92 Å². The molecule has 0 radical (unpaired) electrons. The van der Waals surface area contributed by atoms with Gasteiger partial charge in [-0.2, -0.15) is 0 Å². The van der Waals surface area contributed by atoms with E-state index in [-0.39, 0.29) is 17.2 Å². The molecule has 0 aliphatic carbocycles. The molecule has 2 heterocycles. The van der Waals surface area contributed by atoms with Gasteiger partial charge in [-0.1, -0.05) is 66.7 Å². The number of aryl methyl sites for hydroxylation is 1. The number of piperidine rings is 1. The topological polar surface area (TPSA) is 50.4 Å². The molecule has 4 nitrogen and oxygen atoms in total. The molecule has 4 heteroatoms. The molecule has 1 saturated heterocycles. The Kier molecular flexibility index (Phi) is 5.95. The van der Waals surface area contributed by atoms with Crippen molar-refractivity contribution in [1.29, 1.82) is 0 Å². The molecule has 164 valence electrons. The highest BCUT2D eigenvalue weighted by Crippen LogP contribution is 2.50. The van der Waals surface area contributed by atoms with E-state index < -0.39 is 0 Å². The molecule has 2 aliphatic rings. The normalized spacial score (nSPS) is 18.7. The van der Waals surface area contributed by atoms with Crippen LogP contribution in [0.2, 0.25) is 0 Å². The van der Waals surface area contributed by atoms with Crippen molar-refractivity contribution in [3.8, 4) is 11.5 Å². The quantitative estimate of drug-likeness (QED) is 0.594. The van der Waals surface area contributed by atoms with Crippen LogP contribution in [0.1, 0.15) is 36.0 Å². The summed E-state index contributed by atoms with van der Waals surface area (Å²) < 4.78 is 6.29. The van der Waals surface area contributed by atoms with Gasteiger partial charge in [-0.3, -0.25) is 4.79 Å². The van der Waals surface area contributed by atoms with E-state index in [9.17, 15) is 4.79 Å². The molecular weight excluding hydrogens is 396 g/mol. The Morgan fingerprint density at radius 3 is 2.25 bits per heavy atom. The zero-order valence-corrected chi connectivity index (χ0v) is 18.3. The van der Waals surface area contributed by atoms with Gasteiger partial charge >= 0.3 is 0 Å². The van der Waals surface area contributed by atoms with Crippen LogP contribution in [0.25, 0.3) is 0 Å². The first-order valence-electron chi connectivity index (χ1n) is 11.7. The second-order valence-electron chi connectivity index (χ2n) is 8.92. The number of nitrogens with one attached hydrogen (secondary N) is 2. The number of rotatable bonds is 6. The number of carbonyl (C=O) groups is 1. The predicted molar refractivity (Wildman–Crippen MR) is 127 cm³/mol. The van der Waals surface area contributed by atoms with Gasteiger partial charge in [-0.15, -0.1) is 0 Å². The number of amides is 1. The van der Waals surface area contributed by atoms with E-state index in [0.717, 1.165) is 61.4 Å². The van der Waals surface area contributed by atoms with Crippen LogP contribution < -0.4 is 15.4 Å². The zero-order valence-electron chi connectivity index (χ0n) is 18.3. The Labute approximate surface area is 190 Å². The Bertz CT molecular complexity index is 1030. The highest BCUT2D eigenvalue weighted by Gasteiger charge is 2.42. The van der Waals surface area contributed by atoms with Crippen LogP contribution in [-0.2, 0) is 16.6 Å². The molecule has 3 aromatic carbocycles. The molecule has 5 rings (SSSR count). The largest absolute Gasteiger partial charge is 0.457 e. The number of hydrogen-bond acceptors (Lipinski definition) is 3. The Balaban J connectivity index is 1.51. The van der Waals surface area contributed by atoms with E-state index in [0.29, 0.717) is 6.54 Å². The monoisotopic (exact) mass is 426 g/mol. The molecule has 1 atom stereocenters. The third-order valence-electron chi connectivity index (χ3n) is 6.94. The van der Waals surface area contributed by atoms with Gasteiger partial charge in [0.1, 0.15) is 11.5 Å². The van der Waals surface area contributed by atoms with E-state index >= 15 is 0 Å². The van der Waals surface area contributed by atoms with E-state index in [1.54, 1.807) is 0 Å². The van der Waals surface area contributed by atoms with Gasteiger partial charge in [0.15, 0.2) is 0 Å². The number of benzene rings is 3. The lowest BCUT2D eigenvalue weighted by atomic mass is 9.68. The molecule has 32 heavy (non-hydrogen) atoms. The number of hydrogen-bond donors (Lipinski definition) is 2. The summed E-state index contributed by atoms with van der Waals surface area (Å²) in [4.78, 5) is 13.1. The maximum Gasteiger partial charge on any atom is 0.224 e. The fourth-order valence-electron chi connectivity index (χ4n) is 5.17. The van der Waals surface area contributed by atoms with Crippen LogP contribution in [0.3, 0.4) is 0 Å². The predicted octanol–water partition coefficient (Wildman–Crippen LogP) is 4.83. The number of fused-ring (bicyclic) bond motifs is 2. The molecule has 1 amide bonds. The highest BCUT2D eigenvalue weighted by atomic mass is 16.5. The molecule has 1 unspecified atom stereocenters. The lowest BCUT2D eigenvalue weighted by Gasteiger charge is -2.41. The number of carbonyl (C=O) groups excluding carboxylic acids is 1. The summed E-state index contributed by atoms with van der Waals surface area (Å²) in [6.45, 7) is 2.33. The van der Waals surface area contributed by atoms with Crippen molar-refractivity contribution >= 4 is 5.91 Å². The van der Waals surface area contributed by atoms with Crippen LogP contribution in [0.5, 0.6) is 11.5 Å². The van der Waals surface area contributed by atoms with Gasteiger partial charge < -0.3 is 15.4 Å². The minimum Gasteiger partial charge on any atom is -0.457 e. The van der Waals surface area contributed by atoms with Crippen molar-refractivity contribution < 1.29 is 9.53 Å². The fraction of sp³-hybridized carbons (Fsp3) is 0.321. The maximum atomic E-state index is 13.1. The van der Waals surface area contributed by atoms with Gasteiger partial charge in [0.2, 0.25) is 5.91 Å². The van der Waals surface area contributed by atoms with Crippen molar-refractivity contribution in [2.75, 3.05) is 19.6 Å². The molecule has 2 aliphatic heterocycles. The third-order valence-corrected chi connectivity index (χ3v) is 6.94. The van der Waals surface area contributed by atoms with Crippen molar-refractivity contribution in [3.63, 3.8) is 0 Å². The first kappa shape index (κ1) is 20.8. The standard InChI is InChI=1S/C28H30N2O2/c31-27(22-11-8-18-29-19-22)30-20-28(17-16-21-9-2-1-3-10-21)23-12-4-6-14-25(23)32-26-15-7-5-13-24(26)28/h1-7,9-10,12-15,22,29H,8,11,16-20H2,(H,30,31). The summed E-state index contributed by atoms with van der Waals surface area (Å²) in [5.74, 6) is 1.96. The van der Waals surface area contributed by atoms with Crippen LogP contribution in [0.15, 0.2) is 78.9 Å². The lowest BCUT2D eigenvalue weighted by molar-refractivity contribution is -0.125. The van der Waals surface area contributed by atoms with E-state index in [1.807, 2.05) is 24.3 Å². The lowest BCUT2D eigenvalue weighted by Crippen LogP contribution is -2.47. The van der Waals surface area contributed by atoms with E-state index in [4.69, 9.17) is 4.74 Å². The van der Waals surface area contributed by atoms with Crippen molar-refractivity contribution in [2.24, 2.45) is 5.92 Å². The van der Waals surface area contributed by atoms with Crippen LogP contribution in [-0.4, -0.2) is 25.5 Å². The highest BCUT2D eigenvalue weighted by molar-refractivity contribution is 5.79. The average molecular weight is 427 g/mol. The maximum absolute atomic E-state index is 13.1. The van der Waals surface area contributed by atoms with Crippen LogP contribution in [0.4, 0.5) is 0 Å². The molecular formula is C28H30N2O2. The van der Waals surface area contributed by atoms with Crippen molar-refractivity contribution in [3.05, 3.63) is 95.6 Å². The molecule has 3 aromatic rings. The van der Waals surface area contributed by atoms with Crippen molar-refractivity contribution in [2.45, 2.75) is 31.1 Å². The molecule has 1 fully saturated rings. The van der Waals surface area contributed by atoms with Crippen LogP contribution >= 0.6 is 0 Å². The molecule has 0 saturated carbocycles. The summed E-state index contributed by atoms with van der Waals surface area (Å²) in [6, 6.07) is 27.1. The average Bonchev–Trinajstić information content (AvgIpc) is 2.87. The summed E-state index contributed by atoms with van der Waals surface area (Å²) in [5.41, 5.74) is 3.25. The minimum atomic E-state index is -0.348. The minimum absolute atomic E-state index is 0.0419. The summed E-state index contributed by atoms with van der Waals surface area (Å²) in [5, 5.41) is 6.71. The molecule has 0 spiro atoms. The second kappa shape index (κ2) is 9.17. The summed E-state index contributed by atoms with van der Waals surface area (Å²) in [7, 11) is 0. The SMILES string of the molecule is O=C(NCC1(CCc2ccccc2)c2ccccc2Oc2ccccc21)C1CCCNC1. The van der Waals surface area contributed by atoms with Gasteiger partial charge in [0.25, 0.3) is 0 Å². The summed E-state index contributed by atoms with van der Waals surface area (Å²) in [6.07, 6.45) is 3.81. The van der Waals surface area contributed by atoms with Gasteiger partial charge in [0, 0.05) is 29.6 Å². The number of para-hydroxylation sites is 2. The third kappa shape index (κ3) is 4.03. The number of ether oxygens (including phenoxy) is 1. The van der Waals surface area contributed by atoms with Crippen molar-refractivity contribution in [1.82, 2.24) is 10.6 Å². The van der Waals surface area contributed by atoms with Crippen LogP contribution in [0, 0.1) is 5.92 Å². The van der Waals surface area contributed by atoms with E-state index in [2.05, 4.69) is 65.2 Å². The fourth-order valence-corrected chi connectivity index (χ4v) is 5.17. The van der Waals surface area contributed by atoms with E-state index in [1.165, 1.54) is 5.56 Å². The Morgan fingerprint density at radius 1 is 0.938 bits per heavy atom. The zero-order chi connectivity index (χ0) is 21.8.